The molecule has 1 aromatic carbocycles. The minimum atomic E-state index is -0.623. The van der Waals surface area contributed by atoms with E-state index in [9.17, 15) is 9.59 Å². The molecule has 0 saturated heterocycles. The lowest BCUT2D eigenvalue weighted by atomic mass is 10.2. The highest BCUT2D eigenvalue weighted by Gasteiger charge is 2.14. The lowest BCUT2D eigenvalue weighted by Gasteiger charge is -2.21. The third-order valence-electron chi connectivity index (χ3n) is 4.10. The molecule has 3 rings (SSSR count). The topological polar surface area (TPSA) is 75.4 Å². The van der Waals surface area contributed by atoms with Gasteiger partial charge in [0, 0.05) is 36.4 Å². The number of rotatable bonds is 5. The Morgan fingerprint density at radius 1 is 1.23 bits per heavy atom. The molecule has 2 heterocycles. The zero-order chi connectivity index (χ0) is 18.7. The van der Waals surface area contributed by atoms with Crippen molar-refractivity contribution in [2.24, 2.45) is 0 Å². The summed E-state index contributed by atoms with van der Waals surface area (Å²) in [5.74, 6) is -0.519. The van der Waals surface area contributed by atoms with Crippen LogP contribution in [0, 0.1) is 0 Å². The first-order valence-corrected chi connectivity index (χ1v) is 8.66. The van der Waals surface area contributed by atoms with E-state index in [1.807, 2.05) is 18.2 Å². The van der Waals surface area contributed by atoms with E-state index in [4.69, 9.17) is 16.0 Å². The number of carbonyl (C=O) groups is 1. The Morgan fingerprint density at radius 2 is 2.00 bits per heavy atom. The maximum Gasteiger partial charge on any atom is 0.360 e. The zero-order valence-electron chi connectivity index (χ0n) is 14.5. The molecular formula is C19H18ClN3O3. The number of carbonyl (C=O) groups excluding carboxylic acids is 1. The molecule has 0 atom stereocenters. The minimum absolute atomic E-state index is 0.0537. The molecule has 26 heavy (non-hydrogen) atoms. The fourth-order valence-electron chi connectivity index (χ4n) is 2.72. The minimum Gasteiger partial charge on any atom is -0.421 e. The highest BCUT2D eigenvalue weighted by Crippen LogP contribution is 2.23. The first kappa shape index (κ1) is 17.9. The summed E-state index contributed by atoms with van der Waals surface area (Å²) < 4.78 is 5.39. The third kappa shape index (κ3) is 3.55. The molecular weight excluding hydrogens is 354 g/mol. The van der Waals surface area contributed by atoms with Crippen molar-refractivity contribution in [2.45, 2.75) is 13.8 Å². The summed E-state index contributed by atoms with van der Waals surface area (Å²) in [5, 5.41) is 3.32. The number of hydrogen-bond acceptors (Lipinski definition) is 5. The fraction of sp³-hybridized carbons (Fsp3) is 0.211. The lowest BCUT2D eigenvalue weighted by Crippen LogP contribution is -2.21. The highest BCUT2D eigenvalue weighted by atomic mass is 35.5. The van der Waals surface area contributed by atoms with Gasteiger partial charge in [-0.05, 0) is 44.2 Å². The Hall–Kier alpha value is -2.86. The van der Waals surface area contributed by atoms with Crippen LogP contribution in [0.2, 0.25) is 5.15 Å². The van der Waals surface area contributed by atoms with Gasteiger partial charge in [0.2, 0.25) is 0 Å². The summed E-state index contributed by atoms with van der Waals surface area (Å²) in [6.07, 6.45) is 1.48. The molecule has 0 bridgehead atoms. The average molecular weight is 372 g/mol. The Bertz CT molecular complexity index is 1010. The summed E-state index contributed by atoms with van der Waals surface area (Å²) >= 11 is 5.92. The predicted octanol–water partition coefficient (Wildman–Crippen LogP) is 3.94. The summed E-state index contributed by atoms with van der Waals surface area (Å²) in [5.41, 5.74) is 1.06. The van der Waals surface area contributed by atoms with Crippen molar-refractivity contribution < 1.29 is 9.21 Å². The molecule has 6 nitrogen and oxygen atoms in total. The monoisotopic (exact) mass is 371 g/mol. The lowest BCUT2D eigenvalue weighted by molar-refractivity contribution is 0.102. The van der Waals surface area contributed by atoms with Crippen molar-refractivity contribution in [1.82, 2.24) is 4.98 Å². The number of fused-ring (bicyclic) bond motifs is 1. The molecule has 134 valence electrons. The van der Waals surface area contributed by atoms with Crippen LogP contribution in [-0.2, 0) is 0 Å². The van der Waals surface area contributed by atoms with Crippen molar-refractivity contribution in [2.75, 3.05) is 23.3 Å². The number of halogens is 1. The Morgan fingerprint density at radius 3 is 2.69 bits per heavy atom. The second-order valence-corrected chi connectivity index (χ2v) is 6.00. The molecule has 0 fully saturated rings. The van der Waals surface area contributed by atoms with Crippen molar-refractivity contribution in [3.8, 4) is 0 Å². The van der Waals surface area contributed by atoms with Gasteiger partial charge in [-0.25, -0.2) is 9.78 Å². The van der Waals surface area contributed by atoms with Gasteiger partial charge >= 0.3 is 5.63 Å². The van der Waals surface area contributed by atoms with Crippen LogP contribution in [0.1, 0.15) is 24.2 Å². The predicted molar refractivity (Wildman–Crippen MR) is 103 cm³/mol. The number of aromatic nitrogens is 1. The third-order valence-corrected chi connectivity index (χ3v) is 4.40. The molecule has 1 N–H and O–H groups in total. The van der Waals surface area contributed by atoms with Gasteiger partial charge in [0.05, 0.1) is 5.56 Å². The van der Waals surface area contributed by atoms with Crippen LogP contribution in [-0.4, -0.2) is 24.0 Å². The SMILES string of the molecule is CCN(CC)c1ccc2cc(NC(=O)c3cccnc3Cl)c(=O)oc2c1. The summed E-state index contributed by atoms with van der Waals surface area (Å²) in [7, 11) is 0. The molecule has 0 aliphatic rings. The number of hydrogen-bond donors (Lipinski definition) is 1. The van der Waals surface area contributed by atoms with Crippen LogP contribution >= 0.6 is 11.6 Å². The average Bonchev–Trinajstić information content (AvgIpc) is 2.63. The number of anilines is 2. The number of pyridine rings is 1. The van der Waals surface area contributed by atoms with Gasteiger partial charge in [0.25, 0.3) is 5.91 Å². The van der Waals surface area contributed by atoms with E-state index in [1.165, 1.54) is 12.3 Å². The Kier molecular flexibility index (Phi) is 5.23. The van der Waals surface area contributed by atoms with Crippen molar-refractivity contribution in [1.29, 1.82) is 0 Å². The van der Waals surface area contributed by atoms with E-state index in [0.29, 0.717) is 11.0 Å². The zero-order valence-corrected chi connectivity index (χ0v) is 15.2. The maximum absolute atomic E-state index is 12.3. The second-order valence-electron chi connectivity index (χ2n) is 5.64. The number of benzene rings is 1. The van der Waals surface area contributed by atoms with Crippen LogP contribution in [0.3, 0.4) is 0 Å². The standard InChI is InChI=1S/C19H18ClN3O3/c1-3-23(4-2)13-8-7-12-10-15(19(25)26-16(12)11-13)22-18(24)14-6-5-9-21-17(14)20/h5-11H,3-4H2,1-2H3,(H,22,24). The molecule has 2 aromatic heterocycles. The van der Waals surface area contributed by atoms with Gasteiger partial charge in [0.1, 0.15) is 16.4 Å². The fourth-order valence-corrected chi connectivity index (χ4v) is 2.92. The molecule has 0 radical (unpaired) electrons. The molecule has 3 aromatic rings. The van der Waals surface area contributed by atoms with Gasteiger partial charge in [-0.15, -0.1) is 0 Å². The van der Waals surface area contributed by atoms with Crippen molar-refractivity contribution >= 4 is 39.9 Å². The van der Waals surface area contributed by atoms with Gasteiger partial charge in [-0.3, -0.25) is 4.79 Å². The van der Waals surface area contributed by atoms with E-state index in [0.717, 1.165) is 18.8 Å². The highest BCUT2D eigenvalue weighted by molar-refractivity contribution is 6.33. The van der Waals surface area contributed by atoms with Crippen LogP contribution in [0.25, 0.3) is 11.0 Å². The molecule has 7 heteroatoms. The number of nitrogens with one attached hydrogen (secondary N) is 1. The van der Waals surface area contributed by atoms with Crippen LogP contribution in [0.4, 0.5) is 11.4 Å². The van der Waals surface area contributed by atoms with E-state index >= 15 is 0 Å². The van der Waals surface area contributed by atoms with Crippen LogP contribution in [0.5, 0.6) is 0 Å². The van der Waals surface area contributed by atoms with E-state index in [-0.39, 0.29) is 16.4 Å². The first-order valence-electron chi connectivity index (χ1n) is 8.28. The largest absolute Gasteiger partial charge is 0.421 e. The molecule has 0 aliphatic carbocycles. The van der Waals surface area contributed by atoms with E-state index < -0.39 is 11.5 Å². The quantitative estimate of drug-likeness (QED) is 0.543. The molecule has 1 amide bonds. The number of amides is 1. The van der Waals surface area contributed by atoms with E-state index in [1.54, 1.807) is 12.1 Å². The van der Waals surface area contributed by atoms with Crippen LogP contribution < -0.4 is 15.8 Å². The van der Waals surface area contributed by atoms with Gasteiger partial charge < -0.3 is 14.6 Å². The summed E-state index contributed by atoms with van der Waals surface area (Å²) in [6.45, 7) is 5.83. The van der Waals surface area contributed by atoms with Crippen molar-refractivity contribution in [3.63, 3.8) is 0 Å². The van der Waals surface area contributed by atoms with Gasteiger partial charge in [-0.2, -0.15) is 0 Å². The Labute approximate surface area is 155 Å². The summed E-state index contributed by atoms with van der Waals surface area (Å²) in [4.78, 5) is 30.6. The number of nitrogens with zero attached hydrogens (tertiary/aromatic N) is 2. The van der Waals surface area contributed by atoms with Gasteiger partial charge in [0.15, 0.2) is 0 Å². The second kappa shape index (κ2) is 7.58. The molecule has 0 unspecified atom stereocenters. The maximum atomic E-state index is 12.3. The normalized spacial score (nSPS) is 10.7. The smallest absolute Gasteiger partial charge is 0.360 e. The first-order chi connectivity index (χ1) is 12.5. The molecule has 0 saturated carbocycles. The Balaban J connectivity index is 1.94. The summed E-state index contributed by atoms with van der Waals surface area (Å²) in [6, 6.07) is 10.4. The van der Waals surface area contributed by atoms with Crippen molar-refractivity contribution in [3.05, 3.63) is 63.7 Å². The van der Waals surface area contributed by atoms with Gasteiger partial charge in [-0.1, -0.05) is 11.6 Å². The van der Waals surface area contributed by atoms with Crippen LogP contribution in [0.15, 0.2) is 51.8 Å². The molecule has 0 spiro atoms. The van der Waals surface area contributed by atoms with E-state index in [2.05, 4.69) is 29.0 Å². The molecule has 0 aliphatic heterocycles.